The number of methoxy groups -OCH3 is 1. The Kier molecular flexibility index (Phi) is 3.77. The number of nitrogens with one attached hydrogen (secondary N) is 1. The Labute approximate surface area is 101 Å². The minimum absolute atomic E-state index is 0.702. The van der Waals surface area contributed by atoms with E-state index in [1.807, 2.05) is 31.3 Å². The number of hydrogen-bond acceptors (Lipinski definition) is 4. The molecule has 4 heteroatoms. The fraction of sp³-hybridized carbons (Fsp3) is 0.308. The standard InChI is InChI=1S/C13H16N2O2/c1-14-8-12-9-15-13(17-12)7-10-3-5-11(16-2)6-4-10/h3-6,9,14H,7-8H2,1-2H3. The van der Waals surface area contributed by atoms with Crippen LogP contribution in [0.1, 0.15) is 17.2 Å². The van der Waals surface area contributed by atoms with Gasteiger partial charge in [-0.3, -0.25) is 0 Å². The number of oxazole rings is 1. The number of nitrogens with zero attached hydrogens (tertiary/aromatic N) is 1. The number of ether oxygens (including phenoxy) is 1. The maximum Gasteiger partial charge on any atom is 0.198 e. The van der Waals surface area contributed by atoms with Crippen molar-refractivity contribution in [3.05, 3.63) is 47.7 Å². The lowest BCUT2D eigenvalue weighted by Gasteiger charge is -2.01. The second kappa shape index (κ2) is 5.50. The number of hydrogen-bond donors (Lipinski definition) is 1. The van der Waals surface area contributed by atoms with Crippen molar-refractivity contribution < 1.29 is 9.15 Å². The van der Waals surface area contributed by atoms with Crippen LogP contribution in [0, 0.1) is 0 Å². The quantitative estimate of drug-likeness (QED) is 0.856. The molecule has 0 bridgehead atoms. The minimum atomic E-state index is 0.702. The Balaban J connectivity index is 2.03. The lowest BCUT2D eigenvalue weighted by atomic mass is 10.1. The fourth-order valence-electron chi connectivity index (χ4n) is 1.60. The molecule has 0 fully saturated rings. The average Bonchev–Trinajstić information content (AvgIpc) is 2.78. The Morgan fingerprint density at radius 3 is 2.71 bits per heavy atom. The Hall–Kier alpha value is -1.81. The molecule has 0 aliphatic heterocycles. The summed E-state index contributed by atoms with van der Waals surface area (Å²) in [6.07, 6.45) is 2.46. The lowest BCUT2D eigenvalue weighted by molar-refractivity contribution is 0.414. The molecule has 0 radical (unpaired) electrons. The second-order valence-corrected chi connectivity index (χ2v) is 3.78. The first-order valence-electron chi connectivity index (χ1n) is 5.53. The molecule has 1 aromatic heterocycles. The minimum Gasteiger partial charge on any atom is -0.497 e. The van der Waals surface area contributed by atoms with Gasteiger partial charge >= 0.3 is 0 Å². The first-order valence-corrected chi connectivity index (χ1v) is 5.53. The van der Waals surface area contributed by atoms with E-state index in [2.05, 4.69) is 10.3 Å². The summed E-state index contributed by atoms with van der Waals surface area (Å²) in [5.41, 5.74) is 1.16. The Bertz CT molecular complexity index is 463. The van der Waals surface area contributed by atoms with E-state index in [4.69, 9.17) is 9.15 Å². The van der Waals surface area contributed by atoms with E-state index in [-0.39, 0.29) is 0 Å². The third-order valence-corrected chi connectivity index (χ3v) is 2.47. The van der Waals surface area contributed by atoms with Gasteiger partial charge in [-0.15, -0.1) is 0 Å². The number of aromatic nitrogens is 1. The second-order valence-electron chi connectivity index (χ2n) is 3.78. The van der Waals surface area contributed by atoms with Crippen molar-refractivity contribution >= 4 is 0 Å². The summed E-state index contributed by atoms with van der Waals surface area (Å²) in [5, 5.41) is 3.03. The van der Waals surface area contributed by atoms with Crippen molar-refractivity contribution in [3.63, 3.8) is 0 Å². The maximum atomic E-state index is 5.58. The molecule has 1 heterocycles. The van der Waals surface area contributed by atoms with Gasteiger partial charge in [-0.1, -0.05) is 12.1 Å². The summed E-state index contributed by atoms with van der Waals surface area (Å²) >= 11 is 0. The molecule has 17 heavy (non-hydrogen) atoms. The van der Waals surface area contributed by atoms with E-state index in [0.717, 1.165) is 23.0 Å². The normalized spacial score (nSPS) is 10.5. The van der Waals surface area contributed by atoms with Gasteiger partial charge in [-0.05, 0) is 24.7 Å². The predicted octanol–water partition coefficient (Wildman–Crippen LogP) is 1.99. The molecular formula is C13H16N2O2. The molecule has 0 unspecified atom stereocenters. The topological polar surface area (TPSA) is 47.3 Å². The highest BCUT2D eigenvalue weighted by Crippen LogP contribution is 2.14. The summed E-state index contributed by atoms with van der Waals surface area (Å²) in [6.45, 7) is 0.704. The van der Waals surface area contributed by atoms with Gasteiger partial charge in [0.2, 0.25) is 0 Å². The highest BCUT2D eigenvalue weighted by molar-refractivity contribution is 5.28. The summed E-state index contributed by atoms with van der Waals surface area (Å²) < 4.78 is 10.7. The van der Waals surface area contributed by atoms with Crippen LogP contribution in [0.3, 0.4) is 0 Å². The van der Waals surface area contributed by atoms with E-state index < -0.39 is 0 Å². The van der Waals surface area contributed by atoms with Gasteiger partial charge in [0.25, 0.3) is 0 Å². The van der Waals surface area contributed by atoms with Gasteiger partial charge in [0.15, 0.2) is 5.89 Å². The van der Waals surface area contributed by atoms with Crippen LogP contribution in [-0.4, -0.2) is 19.1 Å². The zero-order valence-corrected chi connectivity index (χ0v) is 10.1. The highest BCUT2D eigenvalue weighted by Gasteiger charge is 2.04. The van der Waals surface area contributed by atoms with Crippen molar-refractivity contribution in [2.24, 2.45) is 0 Å². The zero-order valence-electron chi connectivity index (χ0n) is 10.1. The molecule has 4 nitrogen and oxygen atoms in total. The molecule has 2 aromatic rings. The van der Waals surface area contributed by atoms with Gasteiger partial charge < -0.3 is 14.5 Å². The molecule has 0 saturated heterocycles. The number of rotatable bonds is 5. The van der Waals surface area contributed by atoms with Crippen molar-refractivity contribution in [3.8, 4) is 5.75 Å². The summed E-state index contributed by atoms with van der Waals surface area (Å²) in [5.74, 6) is 2.45. The first kappa shape index (κ1) is 11.7. The summed E-state index contributed by atoms with van der Waals surface area (Å²) in [7, 11) is 3.54. The third-order valence-electron chi connectivity index (χ3n) is 2.47. The molecule has 2 rings (SSSR count). The molecule has 0 spiro atoms. The van der Waals surface area contributed by atoms with Gasteiger partial charge in [0.1, 0.15) is 11.5 Å². The van der Waals surface area contributed by atoms with E-state index >= 15 is 0 Å². The summed E-state index contributed by atoms with van der Waals surface area (Å²) in [6, 6.07) is 7.90. The van der Waals surface area contributed by atoms with E-state index in [9.17, 15) is 0 Å². The van der Waals surface area contributed by atoms with Crippen LogP contribution >= 0.6 is 0 Å². The molecule has 0 amide bonds. The SMILES string of the molecule is CNCc1cnc(Cc2ccc(OC)cc2)o1. The van der Waals surface area contributed by atoms with Crippen LogP contribution in [0.5, 0.6) is 5.75 Å². The number of benzene rings is 1. The lowest BCUT2D eigenvalue weighted by Crippen LogP contribution is -2.03. The van der Waals surface area contributed by atoms with Crippen molar-refractivity contribution in [2.75, 3.05) is 14.2 Å². The molecular weight excluding hydrogens is 216 g/mol. The smallest absolute Gasteiger partial charge is 0.198 e. The maximum absolute atomic E-state index is 5.58. The first-order chi connectivity index (χ1) is 8.31. The van der Waals surface area contributed by atoms with E-state index in [1.165, 1.54) is 0 Å². The van der Waals surface area contributed by atoms with Crippen molar-refractivity contribution in [2.45, 2.75) is 13.0 Å². The predicted molar refractivity (Wildman–Crippen MR) is 65.1 cm³/mol. The van der Waals surface area contributed by atoms with Crippen molar-refractivity contribution in [1.29, 1.82) is 0 Å². The van der Waals surface area contributed by atoms with Gasteiger partial charge in [0, 0.05) is 6.42 Å². The van der Waals surface area contributed by atoms with Gasteiger partial charge in [0.05, 0.1) is 19.9 Å². The van der Waals surface area contributed by atoms with Crippen LogP contribution in [0.15, 0.2) is 34.9 Å². The summed E-state index contributed by atoms with van der Waals surface area (Å²) in [4.78, 5) is 4.23. The molecule has 0 saturated carbocycles. The van der Waals surface area contributed by atoms with Crippen LogP contribution in [0.25, 0.3) is 0 Å². The molecule has 1 aromatic carbocycles. The van der Waals surface area contributed by atoms with Gasteiger partial charge in [-0.25, -0.2) is 4.98 Å². The monoisotopic (exact) mass is 232 g/mol. The highest BCUT2D eigenvalue weighted by atomic mass is 16.5. The van der Waals surface area contributed by atoms with E-state index in [0.29, 0.717) is 13.0 Å². The van der Waals surface area contributed by atoms with Crippen LogP contribution in [-0.2, 0) is 13.0 Å². The van der Waals surface area contributed by atoms with Crippen LogP contribution in [0.4, 0.5) is 0 Å². The Morgan fingerprint density at radius 2 is 2.06 bits per heavy atom. The van der Waals surface area contributed by atoms with Gasteiger partial charge in [-0.2, -0.15) is 0 Å². The van der Waals surface area contributed by atoms with Crippen LogP contribution in [0.2, 0.25) is 0 Å². The zero-order chi connectivity index (χ0) is 12.1. The molecule has 0 aliphatic carbocycles. The fourth-order valence-corrected chi connectivity index (χ4v) is 1.60. The third kappa shape index (κ3) is 3.07. The molecule has 0 aliphatic rings. The Morgan fingerprint density at radius 1 is 1.29 bits per heavy atom. The largest absolute Gasteiger partial charge is 0.497 e. The van der Waals surface area contributed by atoms with Crippen molar-refractivity contribution in [1.82, 2.24) is 10.3 Å². The average molecular weight is 232 g/mol. The van der Waals surface area contributed by atoms with E-state index in [1.54, 1.807) is 13.3 Å². The molecule has 1 N–H and O–H groups in total. The van der Waals surface area contributed by atoms with Crippen LogP contribution < -0.4 is 10.1 Å². The molecule has 90 valence electrons. The molecule has 0 atom stereocenters.